The predicted octanol–water partition coefficient (Wildman–Crippen LogP) is 2.92. The molecule has 0 aliphatic heterocycles. The molecule has 1 unspecified atom stereocenters. The Bertz CT molecular complexity index is 902. The average Bonchev–Trinajstić information content (AvgIpc) is 3.07. The van der Waals surface area contributed by atoms with Crippen molar-refractivity contribution in [1.29, 1.82) is 0 Å². The van der Waals surface area contributed by atoms with Crippen LogP contribution in [0.15, 0.2) is 48.8 Å². The van der Waals surface area contributed by atoms with Crippen molar-refractivity contribution in [2.45, 2.75) is 25.9 Å². The third-order valence-corrected chi connectivity index (χ3v) is 4.24. The molecule has 0 aliphatic rings. The highest BCUT2D eigenvalue weighted by Crippen LogP contribution is 2.26. The predicted molar refractivity (Wildman–Crippen MR) is 101 cm³/mol. The summed E-state index contributed by atoms with van der Waals surface area (Å²) in [7, 11) is 1.64. The molecule has 1 amide bonds. The van der Waals surface area contributed by atoms with Crippen molar-refractivity contribution >= 4 is 16.9 Å². The van der Waals surface area contributed by atoms with Gasteiger partial charge in [-0.25, -0.2) is 4.98 Å². The lowest BCUT2D eigenvalue weighted by molar-refractivity contribution is 0.0950. The summed E-state index contributed by atoms with van der Waals surface area (Å²) in [5.41, 5.74) is 3.11. The minimum Gasteiger partial charge on any atom is -0.495 e. The van der Waals surface area contributed by atoms with Crippen LogP contribution in [0.2, 0.25) is 0 Å². The first-order valence-electron chi connectivity index (χ1n) is 8.67. The minimum atomic E-state index is -0.345. The quantitative estimate of drug-likeness (QED) is 0.640. The summed E-state index contributed by atoms with van der Waals surface area (Å²) < 4.78 is 7.36. The third kappa shape index (κ3) is 3.86. The van der Waals surface area contributed by atoms with Crippen molar-refractivity contribution in [2.75, 3.05) is 13.7 Å². The molecule has 2 N–H and O–H groups in total. The molecule has 6 nitrogen and oxygen atoms in total. The Morgan fingerprint density at radius 1 is 1.31 bits per heavy atom. The van der Waals surface area contributed by atoms with Gasteiger partial charge in [-0.3, -0.25) is 9.36 Å². The number of hydrogen-bond acceptors (Lipinski definition) is 4. The maximum Gasteiger partial charge on any atom is 0.251 e. The number of methoxy groups -OCH3 is 1. The summed E-state index contributed by atoms with van der Waals surface area (Å²) >= 11 is 0. The highest BCUT2D eigenvalue weighted by Gasteiger charge is 2.12. The number of carbonyl (C=O) groups is 1. The molecule has 0 fully saturated rings. The Morgan fingerprint density at radius 2 is 2.12 bits per heavy atom. The van der Waals surface area contributed by atoms with Crippen LogP contribution in [0.4, 0.5) is 0 Å². The van der Waals surface area contributed by atoms with E-state index in [0.29, 0.717) is 18.5 Å². The number of benzene rings is 2. The molecule has 0 aliphatic carbocycles. The number of para-hydroxylation sites is 2. The molecule has 3 rings (SSSR count). The van der Waals surface area contributed by atoms with E-state index in [4.69, 9.17) is 4.74 Å². The van der Waals surface area contributed by atoms with Gasteiger partial charge in [-0.05, 0) is 50.1 Å². The van der Waals surface area contributed by atoms with E-state index in [1.165, 1.54) is 0 Å². The van der Waals surface area contributed by atoms with E-state index in [0.717, 1.165) is 28.9 Å². The highest BCUT2D eigenvalue weighted by molar-refractivity contribution is 5.97. The highest BCUT2D eigenvalue weighted by atomic mass is 16.5. The van der Waals surface area contributed by atoms with Crippen LogP contribution < -0.4 is 10.1 Å². The van der Waals surface area contributed by atoms with E-state index in [-0.39, 0.29) is 12.0 Å². The molecule has 136 valence electrons. The number of nitrogens with zero attached hydrogens (tertiary/aromatic N) is 2. The first kappa shape index (κ1) is 17.9. The van der Waals surface area contributed by atoms with E-state index in [2.05, 4.69) is 10.3 Å². The monoisotopic (exact) mass is 353 g/mol. The van der Waals surface area contributed by atoms with E-state index >= 15 is 0 Å². The van der Waals surface area contributed by atoms with Crippen LogP contribution in [0.1, 0.15) is 30.1 Å². The Labute approximate surface area is 152 Å². The van der Waals surface area contributed by atoms with Gasteiger partial charge in [-0.2, -0.15) is 0 Å². The molecule has 26 heavy (non-hydrogen) atoms. The van der Waals surface area contributed by atoms with E-state index in [1.807, 2.05) is 34.9 Å². The zero-order chi connectivity index (χ0) is 18.5. The lowest BCUT2D eigenvalue weighted by atomic mass is 10.1. The summed E-state index contributed by atoms with van der Waals surface area (Å²) in [5.74, 6) is 0.621. The van der Waals surface area contributed by atoms with Crippen LogP contribution >= 0.6 is 0 Å². The second kappa shape index (κ2) is 8.01. The van der Waals surface area contributed by atoms with Crippen LogP contribution in [-0.2, 0) is 0 Å². The normalized spacial score (nSPS) is 12.1. The van der Waals surface area contributed by atoms with Gasteiger partial charge in [-0.1, -0.05) is 12.1 Å². The number of carbonyl (C=O) groups excluding carboxylic acids is 1. The molecule has 1 heterocycles. The van der Waals surface area contributed by atoms with Gasteiger partial charge in [0.2, 0.25) is 0 Å². The zero-order valence-corrected chi connectivity index (χ0v) is 15.0. The Kier molecular flexibility index (Phi) is 5.53. The zero-order valence-electron chi connectivity index (χ0n) is 15.0. The topological polar surface area (TPSA) is 76.4 Å². The van der Waals surface area contributed by atoms with Crippen molar-refractivity contribution in [1.82, 2.24) is 14.9 Å². The number of imidazole rings is 1. The molecular formula is C20H23N3O3. The molecule has 1 atom stereocenters. The maximum absolute atomic E-state index is 12.3. The van der Waals surface area contributed by atoms with Crippen LogP contribution in [0.25, 0.3) is 16.7 Å². The number of nitrogens with one attached hydrogen (secondary N) is 1. The van der Waals surface area contributed by atoms with Gasteiger partial charge >= 0.3 is 0 Å². The molecule has 0 spiro atoms. The number of fused-ring (bicyclic) bond motifs is 1. The standard InChI is InChI=1S/C20H23N3O3/c1-14(24)6-5-11-21-20(25)15-9-10-17-16(12-15)22-13-23(17)18-7-3-4-8-19(18)26-2/h3-4,7-10,12-14,24H,5-6,11H2,1-2H3,(H,21,25). The van der Waals surface area contributed by atoms with E-state index in [1.54, 1.807) is 32.5 Å². The van der Waals surface area contributed by atoms with Gasteiger partial charge in [0.05, 0.1) is 29.9 Å². The smallest absolute Gasteiger partial charge is 0.251 e. The summed E-state index contributed by atoms with van der Waals surface area (Å²) in [6.07, 6.45) is 2.80. The number of ether oxygens (including phenoxy) is 1. The number of rotatable bonds is 7. The summed E-state index contributed by atoms with van der Waals surface area (Å²) in [5, 5.41) is 12.1. The fourth-order valence-corrected chi connectivity index (χ4v) is 2.88. The largest absolute Gasteiger partial charge is 0.495 e. The first-order chi connectivity index (χ1) is 12.6. The molecule has 2 aromatic carbocycles. The summed E-state index contributed by atoms with van der Waals surface area (Å²) in [6.45, 7) is 2.28. The molecule has 1 aromatic heterocycles. The van der Waals surface area contributed by atoms with Crippen molar-refractivity contribution < 1.29 is 14.6 Å². The second-order valence-corrected chi connectivity index (χ2v) is 6.24. The number of aliphatic hydroxyl groups is 1. The van der Waals surface area contributed by atoms with Crippen LogP contribution in [0.3, 0.4) is 0 Å². The van der Waals surface area contributed by atoms with Gasteiger partial charge in [0.25, 0.3) is 5.91 Å². The van der Waals surface area contributed by atoms with Gasteiger partial charge in [0, 0.05) is 12.1 Å². The molecule has 0 bridgehead atoms. The molecule has 0 saturated carbocycles. The Balaban J connectivity index is 1.80. The lowest BCUT2D eigenvalue weighted by Gasteiger charge is -2.10. The van der Waals surface area contributed by atoms with Crippen molar-refractivity contribution in [3.8, 4) is 11.4 Å². The fourth-order valence-electron chi connectivity index (χ4n) is 2.88. The Hall–Kier alpha value is -2.86. The fraction of sp³-hybridized carbons (Fsp3) is 0.300. The van der Waals surface area contributed by atoms with Crippen LogP contribution in [0, 0.1) is 0 Å². The Morgan fingerprint density at radius 3 is 2.88 bits per heavy atom. The van der Waals surface area contributed by atoms with Crippen LogP contribution in [-0.4, -0.2) is 40.3 Å². The number of hydrogen-bond donors (Lipinski definition) is 2. The molecule has 6 heteroatoms. The SMILES string of the molecule is COc1ccccc1-n1cnc2cc(C(=O)NCCCC(C)O)ccc21. The lowest BCUT2D eigenvalue weighted by Crippen LogP contribution is -2.25. The first-order valence-corrected chi connectivity index (χ1v) is 8.67. The van der Waals surface area contributed by atoms with Gasteiger partial charge < -0.3 is 15.2 Å². The molecule has 0 saturated heterocycles. The van der Waals surface area contributed by atoms with Crippen molar-refractivity contribution in [3.63, 3.8) is 0 Å². The van der Waals surface area contributed by atoms with Gasteiger partial charge in [-0.15, -0.1) is 0 Å². The molecule has 0 radical (unpaired) electrons. The summed E-state index contributed by atoms with van der Waals surface area (Å²) in [4.78, 5) is 16.7. The van der Waals surface area contributed by atoms with Crippen molar-refractivity contribution in [2.24, 2.45) is 0 Å². The van der Waals surface area contributed by atoms with E-state index in [9.17, 15) is 9.90 Å². The van der Waals surface area contributed by atoms with Crippen molar-refractivity contribution in [3.05, 3.63) is 54.4 Å². The third-order valence-electron chi connectivity index (χ3n) is 4.24. The van der Waals surface area contributed by atoms with Crippen LogP contribution in [0.5, 0.6) is 5.75 Å². The van der Waals surface area contributed by atoms with Gasteiger partial charge in [0.1, 0.15) is 12.1 Å². The number of amides is 1. The van der Waals surface area contributed by atoms with Gasteiger partial charge in [0.15, 0.2) is 0 Å². The number of aromatic nitrogens is 2. The van der Waals surface area contributed by atoms with E-state index < -0.39 is 0 Å². The molecule has 3 aromatic rings. The average molecular weight is 353 g/mol. The minimum absolute atomic E-state index is 0.135. The molecular weight excluding hydrogens is 330 g/mol. The summed E-state index contributed by atoms with van der Waals surface area (Å²) in [6, 6.07) is 13.2. The second-order valence-electron chi connectivity index (χ2n) is 6.24. The number of aliphatic hydroxyl groups excluding tert-OH is 1. The maximum atomic E-state index is 12.3.